The SMILES string of the molecule is Cc1ccc(OCc2ccccc2C(=O)Cl)c(C)c1. The average Bonchev–Trinajstić information content (AvgIpc) is 2.38. The summed E-state index contributed by atoms with van der Waals surface area (Å²) < 4.78 is 5.76. The number of carbonyl (C=O) groups excluding carboxylic acids is 1. The van der Waals surface area contributed by atoms with Crippen LogP contribution in [0.1, 0.15) is 27.0 Å². The summed E-state index contributed by atoms with van der Waals surface area (Å²) in [6, 6.07) is 13.2. The monoisotopic (exact) mass is 274 g/mol. The molecule has 0 aromatic heterocycles. The van der Waals surface area contributed by atoms with Gasteiger partial charge in [0.2, 0.25) is 0 Å². The van der Waals surface area contributed by atoms with Gasteiger partial charge < -0.3 is 4.74 Å². The van der Waals surface area contributed by atoms with Gasteiger partial charge >= 0.3 is 0 Å². The molecular formula is C16H15ClO2. The molecule has 0 radical (unpaired) electrons. The van der Waals surface area contributed by atoms with Gasteiger partial charge in [0.15, 0.2) is 0 Å². The lowest BCUT2D eigenvalue weighted by molar-refractivity contribution is 0.107. The highest BCUT2D eigenvalue weighted by Crippen LogP contribution is 2.21. The van der Waals surface area contributed by atoms with Gasteiger partial charge in [0, 0.05) is 11.1 Å². The summed E-state index contributed by atoms with van der Waals surface area (Å²) in [7, 11) is 0. The Morgan fingerprint density at radius 1 is 1.16 bits per heavy atom. The number of hydrogen-bond donors (Lipinski definition) is 0. The molecule has 0 bridgehead atoms. The molecule has 0 aliphatic heterocycles. The molecular weight excluding hydrogens is 260 g/mol. The molecule has 19 heavy (non-hydrogen) atoms. The van der Waals surface area contributed by atoms with Crippen LogP contribution < -0.4 is 4.74 Å². The van der Waals surface area contributed by atoms with Crippen LogP contribution in [0.25, 0.3) is 0 Å². The van der Waals surface area contributed by atoms with Crippen molar-refractivity contribution in [1.82, 2.24) is 0 Å². The summed E-state index contributed by atoms with van der Waals surface area (Å²) in [5, 5.41) is -0.458. The summed E-state index contributed by atoms with van der Waals surface area (Å²) in [6.45, 7) is 4.37. The maximum Gasteiger partial charge on any atom is 0.252 e. The lowest BCUT2D eigenvalue weighted by Crippen LogP contribution is -2.03. The molecule has 3 heteroatoms. The van der Waals surface area contributed by atoms with Crippen LogP contribution >= 0.6 is 11.6 Å². The number of carbonyl (C=O) groups is 1. The highest BCUT2D eigenvalue weighted by molar-refractivity contribution is 6.67. The topological polar surface area (TPSA) is 26.3 Å². The van der Waals surface area contributed by atoms with E-state index in [0.29, 0.717) is 12.2 Å². The average molecular weight is 275 g/mol. The molecule has 0 spiro atoms. The van der Waals surface area contributed by atoms with E-state index < -0.39 is 5.24 Å². The van der Waals surface area contributed by atoms with Crippen LogP contribution in [0.2, 0.25) is 0 Å². The minimum Gasteiger partial charge on any atom is -0.489 e. The second-order valence-corrected chi connectivity index (χ2v) is 4.83. The van der Waals surface area contributed by atoms with Crippen molar-refractivity contribution in [2.24, 2.45) is 0 Å². The summed E-state index contributed by atoms with van der Waals surface area (Å²) in [4.78, 5) is 11.3. The van der Waals surface area contributed by atoms with Crippen LogP contribution in [-0.4, -0.2) is 5.24 Å². The summed E-state index contributed by atoms with van der Waals surface area (Å²) >= 11 is 5.55. The Balaban J connectivity index is 2.17. The molecule has 2 aromatic rings. The van der Waals surface area contributed by atoms with E-state index in [9.17, 15) is 4.79 Å². The fourth-order valence-corrected chi connectivity index (χ4v) is 2.14. The second-order valence-electron chi connectivity index (χ2n) is 4.49. The Labute approximate surface area is 118 Å². The number of ether oxygens (including phenoxy) is 1. The molecule has 0 N–H and O–H groups in total. The van der Waals surface area contributed by atoms with Crippen LogP contribution in [0, 0.1) is 13.8 Å². The first-order chi connectivity index (χ1) is 9.08. The Kier molecular flexibility index (Phi) is 4.23. The lowest BCUT2D eigenvalue weighted by atomic mass is 10.1. The standard InChI is InChI=1S/C16H15ClO2/c1-11-7-8-15(12(2)9-11)19-10-13-5-3-4-6-14(13)16(17)18/h3-9H,10H2,1-2H3. The van der Waals surface area contributed by atoms with E-state index in [-0.39, 0.29) is 0 Å². The van der Waals surface area contributed by atoms with Crippen molar-refractivity contribution in [3.63, 3.8) is 0 Å². The van der Waals surface area contributed by atoms with Crippen LogP contribution in [0.3, 0.4) is 0 Å². The maximum atomic E-state index is 11.3. The summed E-state index contributed by atoms with van der Waals surface area (Å²) in [5.74, 6) is 0.822. The van der Waals surface area contributed by atoms with Crippen LogP contribution in [0.4, 0.5) is 0 Å². The molecule has 2 rings (SSSR count). The fraction of sp³-hybridized carbons (Fsp3) is 0.188. The number of hydrogen-bond acceptors (Lipinski definition) is 2. The minimum atomic E-state index is -0.458. The quantitative estimate of drug-likeness (QED) is 0.779. The second kappa shape index (κ2) is 5.89. The van der Waals surface area contributed by atoms with E-state index >= 15 is 0 Å². The predicted molar refractivity (Wildman–Crippen MR) is 76.9 cm³/mol. The number of halogens is 1. The first-order valence-electron chi connectivity index (χ1n) is 6.05. The highest BCUT2D eigenvalue weighted by atomic mass is 35.5. The Morgan fingerprint density at radius 3 is 2.58 bits per heavy atom. The first kappa shape index (κ1) is 13.6. The molecule has 0 aliphatic carbocycles. The molecule has 98 valence electrons. The van der Waals surface area contributed by atoms with Gasteiger partial charge in [0.25, 0.3) is 5.24 Å². The third-order valence-corrected chi connectivity index (χ3v) is 3.15. The van der Waals surface area contributed by atoms with Crippen LogP contribution in [0.5, 0.6) is 5.75 Å². The van der Waals surface area contributed by atoms with Gasteiger partial charge in [-0.05, 0) is 43.1 Å². The summed E-state index contributed by atoms with van der Waals surface area (Å²) in [6.07, 6.45) is 0. The van der Waals surface area contributed by atoms with Gasteiger partial charge in [-0.3, -0.25) is 4.79 Å². The minimum absolute atomic E-state index is 0.332. The Morgan fingerprint density at radius 2 is 1.89 bits per heavy atom. The molecule has 2 aromatic carbocycles. The van der Waals surface area contributed by atoms with Gasteiger partial charge in [0.05, 0.1) is 0 Å². The smallest absolute Gasteiger partial charge is 0.252 e. The van der Waals surface area contributed by atoms with Gasteiger partial charge in [0.1, 0.15) is 12.4 Å². The number of rotatable bonds is 4. The van der Waals surface area contributed by atoms with Crippen molar-refractivity contribution in [2.75, 3.05) is 0 Å². The number of aryl methyl sites for hydroxylation is 2. The molecule has 0 aliphatic rings. The number of benzene rings is 2. The van der Waals surface area contributed by atoms with Crippen molar-refractivity contribution in [3.8, 4) is 5.75 Å². The largest absolute Gasteiger partial charge is 0.489 e. The van der Waals surface area contributed by atoms with E-state index in [2.05, 4.69) is 6.07 Å². The van der Waals surface area contributed by atoms with Gasteiger partial charge in [-0.1, -0.05) is 35.9 Å². The third kappa shape index (κ3) is 3.36. The third-order valence-electron chi connectivity index (χ3n) is 2.94. The Bertz CT molecular complexity index is 605. The molecule has 2 nitrogen and oxygen atoms in total. The molecule has 0 fully saturated rings. The van der Waals surface area contributed by atoms with Crippen LogP contribution in [-0.2, 0) is 6.61 Å². The van der Waals surface area contributed by atoms with Crippen molar-refractivity contribution < 1.29 is 9.53 Å². The van der Waals surface area contributed by atoms with Crippen molar-refractivity contribution >= 4 is 16.8 Å². The van der Waals surface area contributed by atoms with Crippen molar-refractivity contribution in [1.29, 1.82) is 0 Å². The molecule has 0 unspecified atom stereocenters. The van der Waals surface area contributed by atoms with E-state index in [0.717, 1.165) is 16.9 Å². The summed E-state index contributed by atoms with van der Waals surface area (Å²) in [5.41, 5.74) is 3.56. The van der Waals surface area contributed by atoms with Gasteiger partial charge in [-0.25, -0.2) is 0 Å². The molecule has 0 heterocycles. The lowest BCUT2D eigenvalue weighted by Gasteiger charge is -2.11. The molecule has 0 saturated heterocycles. The highest BCUT2D eigenvalue weighted by Gasteiger charge is 2.09. The van der Waals surface area contributed by atoms with Crippen molar-refractivity contribution in [2.45, 2.75) is 20.5 Å². The van der Waals surface area contributed by atoms with Crippen LogP contribution in [0.15, 0.2) is 42.5 Å². The van der Waals surface area contributed by atoms with Crippen molar-refractivity contribution in [3.05, 3.63) is 64.7 Å². The predicted octanol–water partition coefficient (Wildman–Crippen LogP) is 4.26. The molecule has 0 atom stereocenters. The zero-order valence-electron chi connectivity index (χ0n) is 10.9. The maximum absolute atomic E-state index is 11.3. The van der Waals surface area contributed by atoms with E-state index in [4.69, 9.17) is 16.3 Å². The van der Waals surface area contributed by atoms with Gasteiger partial charge in [-0.15, -0.1) is 0 Å². The Hall–Kier alpha value is -1.80. The molecule has 0 amide bonds. The fourth-order valence-electron chi connectivity index (χ4n) is 1.95. The zero-order valence-corrected chi connectivity index (χ0v) is 11.7. The van der Waals surface area contributed by atoms with E-state index in [1.165, 1.54) is 5.56 Å². The first-order valence-corrected chi connectivity index (χ1v) is 6.43. The van der Waals surface area contributed by atoms with E-state index in [1.54, 1.807) is 12.1 Å². The molecule has 0 saturated carbocycles. The normalized spacial score (nSPS) is 10.3. The van der Waals surface area contributed by atoms with E-state index in [1.807, 2.05) is 38.1 Å². The zero-order chi connectivity index (χ0) is 13.8. The van der Waals surface area contributed by atoms with Gasteiger partial charge in [-0.2, -0.15) is 0 Å².